The molecule has 6 nitrogen and oxygen atoms in total. The molecule has 0 amide bonds. The molecule has 1 aromatic carbocycles. The van der Waals surface area contributed by atoms with Crippen LogP contribution in [0.1, 0.15) is 22.5 Å². The van der Waals surface area contributed by atoms with Crippen LogP contribution < -0.4 is 4.74 Å². The lowest BCUT2D eigenvalue weighted by atomic mass is 10.0. The second-order valence-corrected chi connectivity index (χ2v) is 5.47. The van der Waals surface area contributed by atoms with Gasteiger partial charge in [0.25, 0.3) is 0 Å². The molecule has 0 atom stereocenters. The second-order valence-electron chi connectivity index (χ2n) is 5.47. The highest BCUT2D eigenvalue weighted by molar-refractivity contribution is 5.48. The van der Waals surface area contributed by atoms with Gasteiger partial charge < -0.3 is 14.4 Å². The second kappa shape index (κ2) is 7.12. The fourth-order valence-electron chi connectivity index (χ4n) is 2.33. The van der Waals surface area contributed by atoms with E-state index in [9.17, 15) is 13.2 Å². The number of benzene rings is 1. The largest absolute Gasteiger partial charge is 0.486 e. The Balaban J connectivity index is 1.75. The quantitative estimate of drug-likeness (QED) is 0.745. The highest BCUT2D eigenvalue weighted by atomic mass is 19.4. The summed E-state index contributed by atoms with van der Waals surface area (Å²) in [6.45, 7) is 1.03. The molecular weight excluding hydrogens is 351 g/mol. The number of aliphatic hydroxyl groups is 1. The van der Waals surface area contributed by atoms with Gasteiger partial charge in [0, 0.05) is 11.6 Å². The Morgan fingerprint density at radius 1 is 1.19 bits per heavy atom. The van der Waals surface area contributed by atoms with Crippen LogP contribution in [0.5, 0.6) is 5.75 Å². The summed E-state index contributed by atoms with van der Waals surface area (Å²) < 4.78 is 49.6. The normalized spacial score (nSPS) is 11.6. The third-order valence-corrected chi connectivity index (χ3v) is 3.67. The Labute approximate surface area is 146 Å². The van der Waals surface area contributed by atoms with Crippen LogP contribution in [0.15, 0.2) is 41.2 Å². The van der Waals surface area contributed by atoms with Crippen LogP contribution in [0.4, 0.5) is 13.2 Å². The topological polar surface area (TPSA) is 81.3 Å². The van der Waals surface area contributed by atoms with Gasteiger partial charge in [-0.1, -0.05) is 17.3 Å². The third-order valence-electron chi connectivity index (χ3n) is 3.67. The van der Waals surface area contributed by atoms with Crippen molar-refractivity contribution in [1.82, 2.24) is 15.1 Å². The molecule has 0 spiro atoms. The zero-order valence-corrected chi connectivity index (χ0v) is 13.6. The number of aliphatic hydroxyl groups excluding tert-OH is 1. The van der Waals surface area contributed by atoms with Crippen LogP contribution in [0.25, 0.3) is 11.5 Å². The van der Waals surface area contributed by atoms with E-state index in [4.69, 9.17) is 14.4 Å². The van der Waals surface area contributed by atoms with Crippen molar-refractivity contribution in [2.75, 3.05) is 0 Å². The van der Waals surface area contributed by atoms with Gasteiger partial charge in [0.05, 0.1) is 18.0 Å². The predicted octanol–water partition coefficient (Wildman–Crippen LogP) is 3.53. The number of aryl methyl sites for hydroxylation is 1. The lowest BCUT2D eigenvalue weighted by Crippen LogP contribution is -2.12. The number of hydrogen-bond acceptors (Lipinski definition) is 6. The van der Waals surface area contributed by atoms with Gasteiger partial charge in [0.2, 0.25) is 0 Å². The maximum Gasteiger partial charge on any atom is 0.416 e. The molecule has 3 aromatic rings. The van der Waals surface area contributed by atoms with Gasteiger partial charge in [-0.15, -0.1) is 0 Å². The number of ether oxygens (including phenoxy) is 1. The fraction of sp³-hybridized carbons (Fsp3) is 0.235. The van der Waals surface area contributed by atoms with Crippen molar-refractivity contribution < 1.29 is 27.5 Å². The minimum atomic E-state index is -4.46. The summed E-state index contributed by atoms with van der Waals surface area (Å²) in [6.07, 6.45) is -1.79. The number of nitrogens with zero attached hydrogens (tertiary/aromatic N) is 3. The molecule has 9 heteroatoms. The monoisotopic (exact) mass is 365 g/mol. The Kier molecular flexibility index (Phi) is 4.90. The maximum absolute atomic E-state index is 13.1. The molecule has 3 rings (SSSR count). The maximum atomic E-state index is 13.1. The van der Waals surface area contributed by atoms with E-state index in [0.29, 0.717) is 11.3 Å². The van der Waals surface area contributed by atoms with E-state index in [1.165, 1.54) is 24.5 Å². The van der Waals surface area contributed by atoms with Crippen molar-refractivity contribution in [2.45, 2.75) is 26.3 Å². The lowest BCUT2D eigenvalue weighted by molar-refractivity contribution is -0.138. The van der Waals surface area contributed by atoms with Crippen molar-refractivity contribution in [1.29, 1.82) is 0 Å². The molecule has 0 aliphatic heterocycles. The summed E-state index contributed by atoms with van der Waals surface area (Å²) in [7, 11) is 0. The Hall–Kier alpha value is -2.94. The average molecular weight is 365 g/mol. The molecule has 0 saturated carbocycles. The van der Waals surface area contributed by atoms with E-state index in [1.807, 2.05) is 0 Å². The van der Waals surface area contributed by atoms with Crippen LogP contribution in [-0.2, 0) is 19.4 Å². The first-order valence-corrected chi connectivity index (χ1v) is 7.56. The van der Waals surface area contributed by atoms with Crippen LogP contribution >= 0.6 is 0 Å². The highest BCUT2D eigenvalue weighted by Crippen LogP contribution is 2.33. The summed E-state index contributed by atoms with van der Waals surface area (Å²) in [5.41, 5.74) is 0.151. The van der Waals surface area contributed by atoms with Crippen LogP contribution in [0, 0.1) is 6.92 Å². The van der Waals surface area contributed by atoms with Crippen molar-refractivity contribution in [2.24, 2.45) is 0 Å². The van der Waals surface area contributed by atoms with Gasteiger partial charge in [0.1, 0.15) is 13.2 Å². The van der Waals surface area contributed by atoms with E-state index >= 15 is 0 Å². The van der Waals surface area contributed by atoms with Gasteiger partial charge in [0.15, 0.2) is 23.0 Å². The van der Waals surface area contributed by atoms with Crippen molar-refractivity contribution >= 4 is 0 Å². The number of aromatic nitrogens is 3. The molecule has 136 valence electrons. The van der Waals surface area contributed by atoms with Gasteiger partial charge in [-0.2, -0.15) is 13.2 Å². The molecule has 0 bridgehead atoms. The van der Waals surface area contributed by atoms with Crippen LogP contribution in [-0.4, -0.2) is 20.2 Å². The lowest BCUT2D eigenvalue weighted by Gasteiger charge is -2.15. The number of alkyl halides is 3. The first-order valence-electron chi connectivity index (χ1n) is 7.56. The van der Waals surface area contributed by atoms with Gasteiger partial charge in [-0.3, -0.25) is 0 Å². The van der Waals surface area contributed by atoms with E-state index < -0.39 is 11.7 Å². The SMILES string of the molecule is Cc1cccc(C(F)(F)F)c1COc1cnc(-c2cc(CO)on2)nc1. The predicted molar refractivity (Wildman–Crippen MR) is 84.0 cm³/mol. The summed E-state index contributed by atoms with van der Waals surface area (Å²) in [5, 5.41) is 12.7. The average Bonchev–Trinajstić information content (AvgIpc) is 3.09. The molecule has 0 radical (unpaired) electrons. The Bertz CT molecular complexity index is 892. The minimum absolute atomic E-state index is 0.0631. The molecule has 26 heavy (non-hydrogen) atoms. The molecule has 2 heterocycles. The number of hydrogen-bond donors (Lipinski definition) is 1. The highest BCUT2D eigenvalue weighted by Gasteiger charge is 2.33. The van der Waals surface area contributed by atoms with Gasteiger partial charge in [-0.25, -0.2) is 9.97 Å². The molecule has 0 aliphatic carbocycles. The first kappa shape index (κ1) is 17.9. The van der Waals surface area contributed by atoms with Crippen molar-refractivity contribution in [3.05, 3.63) is 59.1 Å². The van der Waals surface area contributed by atoms with E-state index in [0.717, 1.165) is 6.07 Å². The third kappa shape index (κ3) is 3.83. The van der Waals surface area contributed by atoms with E-state index in [2.05, 4.69) is 15.1 Å². The summed E-state index contributed by atoms with van der Waals surface area (Å²) in [5.74, 6) is 0.729. The molecule has 1 N–H and O–H groups in total. The molecular formula is C17H14F3N3O3. The van der Waals surface area contributed by atoms with E-state index in [1.54, 1.807) is 13.0 Å². The van der Waals surface area contributed by atoms with Crippen molar-refractivity contribution in [3.63, 3.8) is 0 Å². The fourth-order valence-corrected chi connectivity index (χ4v) is 2.33. The Morgan fingerprint density at radius 2 is 1.92 bits per heavy atom. The van der Waals surface area contributed by atoms with Crippen LogP contribution in [0.3, 0.4) is 0 Å². The minimum Gasteiger partial charge on any atom is -0.486 e. The summed E-state index contributed by atoms with van der Waals surface area (Å²) >= 11 is 0. The summed E-state index contributed by atoms with van der Waals surface area (Å²) in [4.78, 5) is 8.08. The number of rotatable bonds is 5. The van der Waals surface area contributed by atoms with Crippen molar-refractivity contribution in [3.8, 4) is 17.3 Å². The first-order chi connectivity index (χ1) is 12.4. The molecule has 0 unspecified atom stereocenters. The molecule has 0 fully saturated rings. The number of halogens is 3. The zero-order chi connectivity index (χ0) is 18.7. The molecule has 2 aromatic heterocycles. The van der Waals surface area contributed by atoms with E-state index in [-0.39, 0.29) is 36.1 Å². The van der Waals surface area contributed by atoms with Crippen LogP contribution in [0.2, 0.25) is 0 Å². The van der Waals surface area contributed by atoms with Gasteiger partial charge >= 0.3 is 6.18 Å². The smallest absolute Gasteiger partial charge is 0.416 e. The molecule has 0 saturated heterocycles. The molecule has 0 aliphatic rings. The zero-order valence-electron chi connectivity index (χ0n) is 13.6. The summed E-state index contributed by atoms with van der Waals surface area (Å²) in [6, 6.07) is 5.46. The Morgan fingerprint density at radius 3 is 2.54 bits per heavy atom. The standard InChI is InChI=1S/C17H14F3N3O3/c1-10-3-2-4-14(17(18,19)20)13(10)9-25-12-6-21-16(22-7-12)15-5-11(8-24)26-23-15/h2-7,24H,8-9H2,1H3. The van der Waals surface area contributed by atoms with Gasteiger partial charge in [-0.05, 0) is 18.6 Å².